The highest BCUT2D eigenvalue weighted by molar-refractivity contribution is 5.80. The van der Waals surface area contributed by atoms with Gasteiger partial charge in [-0.05, 0) is 51.4 Å². The molecule has 158 valence electrons. The molecule has 7 nitrogen and oxygen atoms in total. The Kier molecular flexibility index (Phi) is 8.64. The molecule has 2 saturated heterocycles. The first-order chi connectivity index (χ1) is 13.7. The second kappa shape index (κ2) is 11.4. The van der Waals surface area contributed by atoms with Gasteiger partial charge in [-0.3, -0.25) is 9.89 Å². The van der Waals surface area contributed by atoms with Crippen LogP contribution in [-0.4, -0.2) is 75.0 Å². The van der Waals surface area contributed by atoms with E-state index in [1.807, 2.05) is 12.1 Å². The number of ether oxygens (including phenoxy) is 2. The highest BCUT2D eigenvalue weighted by atomic mass is 16.5. The molecule has 3 atom stereocenters. The van der Waals surface area contributed by atoms with E-state index in [2.05, 4.69) is 29.4 Å². The van der Waals surface area contributed by atoms with E-state index >= 15 is 0 Å². The molecule has 2 N–H and O–H groups in total. The largest absolute Gasteiger partial charge is 0.469 e. The Morgan fingerprint density at radius 2 is 2.36 bits per heavy atom. The summed E-state index contributed by atoms with van der Waals surface area (Å²) in [6.07, 6.45) is 6.28. The molecule has 0 aromatic carbocycles. The van der Waals surface area contributed by atoms with E-state index in [1.165, 1.54) is 19.4 Å². The van der Waals surface area contributed by atoms with Crippen LogP contribution >= 0.6 is 0 Å². The molecular weight excluding hydrogens is 356 g/mol. The van der Waals surface area contributed by atoms with Crippen LogP contribution in [-0.2, 0) is 15.9 Å². The summed E-state index contributed by atoms with van der Waals surface area (Å²) in [5, 5.41) is 6.96. The lowest BCUT2D eigenvalue weighted by Gasteiger charge is -2.23. The number of guanidine groups is 1. The Hall–Kier alpha value is -1.57. The minimum Gasteiger partial charge on any atom is -0.469 e. The quantitative estimate of drug-likeness (QED) is 0.469. The normalized spacial score (nSPS) is 24.6. The summed E-state index contributed by atoms with van der Waals surface area (Å²) < 4.78 is 16.8. The molecule has 0 saturated carbocycles. The Labute approximate surface area is 168 Å². The number of hydrogen-bond acceptors (Lipinski definition) is 5. The van der Waals surface area contributed by atoms with E-state index in [4.69, 9.17) is 18.9 Å². The topological polar surface area (TPSA) is 71.3 Å². The van der Waals surface area contributed by atoms with Gasteiger partial charge < -0.3 is 24.5 Å². The third-order valence-corrected chi connectivity index (χ3v) is 5.46. The van der Waals surface area contributed by atoms with E-state index in [1.54, 1.807) is 6.26 Å². The maximum atomic E-state index is 5.95. The van der Waals surface area contributed by atoms with Gasteiger partial charge in [-0.2, -0.15) is 0 Å². The molecule has 3 heterocycles. The number of furan rings is 1. The van der Waals surface area contributed by atoms with Crippen molar-refractivity contribution < 1.29 is 13.9 Å². The van der Waals surface area contributed by atoms with Gasteiger partial charge in [0.1, 0.15) is 5.76 Å². The first-order valence-corrected chi connectivity index (χ1v) is 10.7. The molecule has 1 aromatic rings. The lowest BCUT2D eigenvalue weighted by molar-refractivity contribution is 0.0347. The average Bonchev–Trinajstić information content (AvgIpc) is 3.47. The summed E-state index contributed by atoms with van der Waals surface area (Å²) in [5.41, 5.74) is 0. The molecule has 0 spiro atoms. The third-order valence-electron chi connectivity index (χ3n) is 5.46. The van der Waals surface area contributed by atoms with Crippen LogP contribution in [0.25, 0.3) is 0 Å². The van der Waals surface area contributed by atoms with Crippen LogP contribution in [0.2, 0.25) is 0 Å². The SMILES string of the molecule is CCN1CCCC1CN=C(NCCc1ccco1)NC(C)COC1CCOC1. The van der Waals surface area contributed by atoms with E-state index in [-0.39, 0.29) is 12.1 Å². The third kappa shape index (κ3) is 6.79. The molecule has 2 fully saturated rings. The molecule has 7 heteroatoms. The summed E-state index contributed by atoms with van der Waals surface area (Å²) in [7, 11) is 0. The molecule has 1 aromatic heterocycles. The maximum Gasteiger partial charge on any atom is 0.191 e. The van der Waals surface area contributed by atoms with Crippen LogP contribution in [0.15, 0.2) is 27.8 Å². The van der Waals surface area contributed by atoms with Crippen molar-refractivity contribution in [2.24, 2.45) is 4.99 Å². The van der Waals surface area contributed by atoms with Crippen LogP contribution in [0.3, 0.4) is 0 Å². The standard InChI is InChI=1S/C21H36N4O3/c1-3-25-11-4-6-18(25)14-23-21(22-10-8-19-7-5-12-27-19)24-17(2)15-28-20-9-13-26-16-20/h5,7,12,17-18,20H,3-4,6,8-11,13-16H2,1-2H3,(H2,22,23,24). The van der Waals surface area contributed by atoms with Crippen molar-refractivity contribution in [2.45, 2.75) is 57.7 Å². The maximum absolute atomic E-state index is 5.95. The minimum absolute atomic E-state index is 0.182. The Morgan fingerprint density at radius 1 is 1.43 bits per heavy atom. The van der Waals surface area contributed by atoms with E-state index in [9.17, 15) is 0 Å². The minimum atomic E-state index is 0.182. The number of likely N-dealkylation sites (tertiary alicyclic amines) is 1. The molecule has 0 amide bonds. The van der Waals surface area contributed by atoms with Gasteiger partial charge in [0.15, 0.2) is 5.96 Å². The highest BCUT2D eigenvalue weighted by Crippen LogP contribution is 2.16. The van der Waals surface area contributed by atoms with Crippen molar-refractivity contribution in [1.29, 1.82) is 0 Å². The fourth-order valence-electron chi connectivity index (χ4n) is 3.83. The summed E-state index contributed by atoms with van der Waals surface area (Å²) in [6.45, 7) is 10.4. The second-order valence-electron chi connectivity index (χ2n) is 7.73. The van der Waals surface area contributed by atoms with Gasteiger partial charge in [-0.1, -0.05) is 6.92 Å². The zero-order valence-corrected chi connectivity index (χ0v) is 17.4. The van der Waals surface area contributed by atoms with Crippen LogP contribution < -0.4 is 10.6 Å². The predicted molar refractivity (Wildman–Crippen MR) is 111 cm³/mol. The molecule has 3 unspecified atom stereocenters. The first kappa shape index (κ1) is 21.1. The van der Waals surface area contributed by atoms with Gasteiger partial charge in [0, 0.05) is 31.7 Å². The number of aliphatic imine (C=N–C) groups is 1. The highest BCUT2D eigenvalue weighted by Gasteiger charge is 2.23. The van der Waals surface area contributed by atoms with Gasteiger partial charge in [0.2, 0.25) is 0 Å². The fourth-order valence-corrected chi connectivity index (χ4v) is 3.83. The molecule has 28 heavy (non-hydrogen) atoms. The summed E-state index contributed by atoms with van der Waals surface area (Å²) in [5.74, 6) is 1.84. The predicted octanol–water partition coefficient (Wildman–Crippen LogP) is 2.04. The summed E-state index contributed by atoms with van der Waals surface area (Å²) in [4.78, 5) is 7.41. The van der Waals surface area contributed by atoms with Gasteiger partial charge in [0.05, 0.1) is 32.1 Å². The fraction of sp³-hybridized carbons (Fsp3) is 0.762. The summed E-state index contributed by atoms with van der Waals surface area (Å²) in [6, 6.07) is 4.66. The number of nitrogens with one attached hydrogen (secondary N) is 2. The Bertz CT molecular complexity index is 572. The van der Waals surface area contributed by atoms with Crippen LogP contribution in [0.5, 0.6) is 0 Å². The first-order valence-electron chi connectivity index (χ1n) is 10.7. The molecular formula is C21H36N4O3. The lowest BCUT2D eigenvalue weighted by Crippen LogP contribution is -2.46. The van der Waals surface area contributed by atoms with Crippen LogP contribution in [0.4, 0.5) is 0 Å². The molecule has 3 rings (SSSR count). The number of rotatable bonds is 10. The van der Waals surface area contributed by atoms with Crippen molar-refractivity contribution in [3.05, 3.63) is 24.2 Å². The lowest BCUT2D eigenvalue weighted by atomic mass is 10.2. The molecule has 2 aliphatic heterocycles. The molecule has 0 bridgehead atoms. The van der Waals surface area contributed by atoms with Crippen molar-refractivity contribution in [1.82, 2.24) is 15.5 Å². The number of likely N-dealkylation sites (N-methyl/N-ethyl adjacent to an activating group) is 1. The Morgan fingerprint density at radius 3 is 3.11 bits per heavy atom. The molecule has 2 aliphatic rings. The van der Waals surface area contributed by atoms with Crippen molar-refractivity contribution in [3.8, 4) is 0 Å². The van der Waals surface area contributed by atoms with Gasteiger partial charge in [-0.25, -0.2) is 0 Å². The zero-order chi connectivity index (χ0) is 19.6. The monoisotopic (exact) mass is 392 g/mol. The number of hydrogen-bond donors (Lipinski definition) is 2. The van der Waals surface area contributed by atoms with Crippen molar-refractivity contribution in [3.63, 3.8) is 0 Å². The molecule has 0 radical (unpaired) electrons. The van der Waals surface area contributed by atoms with Gasteiger partial charge >= 0.3 is 0 Å². The number of nitrogens with zero attached hydrogens (tertiary/aromatic N) is 2. The molecule has 0 aliphatic carbocycles. The van der Waals surface area contributed by atoms with Gasteiger partial charge in [0.25, 0.3) is 0 Å². The van der Waals surface area contributed by atoms with Crippen molar-refractivity contribution >= 4 is 5.96 Å². The van der Waals surface area contributed by atoms with Crippen LogP contribution in [0, 0.1) is 0 Å². The van der Waals surface area contributed by atoms with E-state index in [0.717, 1.165) is 50.8 Å². The van der Waals surface area contributed by atoms with E-state index in [0.29, 0.717) is 19.3 Å². The van der Waals surface area contributed by atoms with Gasteiger partial charge in [-0.15, -0.1) is 0 Å². The zero-order valence-electron chi connectivity index (χ0n) is 17.4. The smallest absolute Gasteiger partial charge is 0.191 e. The van der Waals surface area contributed by atoms with E-state index < -0.39 is 0 Å². The van der Waals surface area contributed by atoms with Crippen molar-refractivity contribution in [2.75, 3.05) is 46.0 Å². The summed E-state index contributed by atoms with van der Waals surface area (Å²) >= 11 is 0. The second-order valence-corrected chi connectivity index (χ2v) is 7.73. The Balaban J connectivity index is 1.49. The average molecular weight is 393 g/mol. The van der Waals surface area contributed by atoms with Crippen LogP contribution in [0.1, 0.15) is 38.9 Å².